The molecule has 0 saturated heterocycles. The van der Waals surface area contributed by atoms with Gasteiger partial charge in [0.15, 0.2) is 0 Å². The Bertz CT molecular complexity index is 1080. The summed E-state index contributed by atoms with van der Waals surface area (Å²) in [6, 6.07) is 15.6. The molecule has 29 heavy (non-hydrogen) atoms. The highest BCUT2D eigenvalue weighted by Gasteiger charge is 2.18. The second-order valence-electron chi connectivity index (χ2n) is 6.84. The summed E-state index contributed by atoms with van der Waals surface area (Å²) in [5, 5.41) is 9.93. The van der Waals surface area contributed by atoms with Crippen LogP contribution in [-0.4, -0.2) is 27.2 Å². The number of carbonyl (C=O) groups is 1. The van der Waals surface area contributed by atoms with Crippen LogP contribution < -0.4 is 5.32 Å². The number of aromatic amines is 1. The molecule has 0 aliphatic heterocycles. The summed E-state index contributed by atoms with van der Waals surface area (Å²) in [6.45, 7) is 0.431. The van der Waals surface area contributed by atoms with Gasteiger partial charge in [-0.05, 0) is 54.4 Å². The molecule has 1 amide bonds. The van der Waals surface area contributed by atoms with E-state index in [0.29, 0.717) is 24.4 Å². The summed E-state index contributed by atoms with van der Waals surface area (Å²) in [5.74, 6) is 0.189. The molecule has 0 unspecified atom stereocenters. The van der Waals surface area contributed by atoms with Crippen molar-refractivity contribution in [2.75, 3.05) is 6.54 Å². The Balaban J connectivity index is 1.41. The molecule has 1 atom stereocenters. The molecule has 0 saturated carbocycles. The summed E-state index contributed by atoms with van der Waals surface area (Å²) in [5.41, 5.74) is 2.97. The van der Waals surface area contributed by atoms with Crippen molar-refractivity contribution >= 4 is 5.91 Å². The lowest BCUT2D eigenvalue weighted by Crippen LogP contribution is -2.26. The predicted molar refractivity (Wildman–Crippen MR) is 107 cm³/mol. The molecule has 0 aliphatic rings. The second-order valence-corrected chi connectivity index (χ2v) is 6.84. The lowest BCUT2D eigenvalue weighted by Gasteiger charge is -2.15. The number of hydrogen-bond donors (Lipinski definition) is 2. The Labute approximate surface area is 167 Å². The van der Waals surface area contributed by atoms with Gasteiger partial charge >= 0.3 is 0 Å². The van der Waals surface area contributed by atoms with Crippen LogP contribution in [0.15, 0.2) is 71.5 Å². The van der Waals surface area contributed by atoms with Crippen molar-refractivity contribution < 1.29 is 13.6 Å². The van der Waals surface area contributed by atoms with E-state index in [1.165, 1.54) is 12.1 Å². The van der Waals surface area contributed by atoms with Crippen LogP contribution in [0.25, 0.3) is 11.4 Å². The van der Waals surface area contributed by atoms with Gasteiger partial charge in [0.25, 0.3) is 5.91 Å². The third-order valence-electron chi connectivity index (χ3n) is 4.91. The summed E-state index contributed by atoms with van der Waals surface area (Å²) >= 11 is 0. The molecule has 0 radical (unpaired) electrons. The second kappa shape index (κ2) is 8.18. The molecule has 4 aromatic rings. The van der Waals surface area contributed by atoms with Crippen LogP contribution in [0.4, 0.5) is 4.39 Å². The molecule has 6 nitrogen and oxygen atoms in total. The van der Waals surface area contributed by atoms with Gasteiger partial charge in [0.1, 0.15) is 23.0 Å². The number of aryl methyl sites for hydroxylation is 1. The molecule has 0 bridgehead atoms. The van der Waals surface area contributed by atoms with E-state index in [1.54, 1.807) is 24.5 Å². The average Bonchev–Trinajstić information content (AvgIpc) is 3.47. The van der Waals surface area contributed by atoms with Gasteiger partial charge in [-0.2, -0.15) is 5.10 Å². The van der Waals surface area contributed by atoms with Gasteiger partial charge in [-0.25, -0.2) is 4.39 Å². The SMILES string of the molecule is Cn1cccc1-c1cc(C(=O)NCC[C@@H](c2ccc(F)cc2)c2ccco2)[nH]n1. The Morgan fingerprint density at radius 3 is 2.76 bits per heavy atom. The van der Waals surface area contributed by atoms with Crippen LogP contribution in [0.5, 0.6) is 0 Å². The van der Waals surface area contributed by atoms with E-state index in [0.717, 1.165) is 17.0 Å². The Morgan fingerprint density at radius 2 is 2.07 bits per heavy atom. The first-order valence-electron chi connectivity index (χ1n) is 9.36. The Hall–Kier alpha value is -3.61. The fourth-order valence-corrected chi connectivity index (χ4v) is 3.38. The first kappa shape index (κ1) is 18.7. The van der Waals surface area contributed by atoms with Crippen molar-refractivity contribution in [3.05, 3.63) is 89.9 Å². The number of aromatic nitrogens is 3. The molecule has 2 N–H and O–H groups in total. The number of amides is 1. The van der Waals surface area contributed by atoms with E-state index >= 15 is 0 Å². The van der Waals surface area contributed by atoms with E-state index in [2.05, 4.69) is 15.5 Å². The minimum absolute atomic E-state index is 0.0772. The van der Waals surface area contributed by atoms with Crippen LogP contribution in [0.1, 0.15) is 34.2 Å². The normalized spacial score (nSPS) is 12.1. The molecule has 0 spiro atoms. The van der Waals surface area contributed by atoms with Crippen LogP contribution >= 0.6 is 0 Å². The highest BCUT2D eigenvalue weighted by Crippen LogP contribution is 2.28. The number of H-pyrrole nitrogens is 1. The zero-order valence-corrected chi connectivity index (χ0v) is 15.9. The van der Waals surface area contributed by atoms with Crippen molar-refractivity contribution in [3.63, 3.8) is 0 Å². The standard InChI is InChI=1S/C22H21FN4O2/c1-27-12-2-4-20(27)18-14-19(26-25-18)22(28)24-11-10-17(21-5-3-13-29-21)15-6-8-16(23)9-7-15/h2-9,12-14,17H,10-11H2,1H3,(H,24,28)(H,25,26)/t17-/m0/s1. The maximum absolute atomic E-state index is 13.3. The third kappa shape index (κ3) is 4.13. The number of furan rings is 1. The molecule has 4 rings (SSSR count). The first-order chi connectivity index (χ1) is 14.1. The first-order valence-corrected chi connectivity index (χ1v) is 9.36. The van der Waals surface area contributed by atoms with Gasteiger partial charge < -0.3 is 14.3 Å². The van der Waals surface area contributed by atoms with E-state index in [4.69, 9.17) is 4.42 Å². The van der Waals surface area contributed by atoms with Crippen LogP contribution in [0.3, 0.4) is 0 Å². The number of rotatable bonds is 7. The van der Waals surface area contributed by atoms with Crippen molar-refractivity contribution in [2.24, 2.45) is 7.05 Å². The van der Waals surface area contributed by atoms with E-state index in [9.17, 15) is 9.18 Å². The fourth-order valence-electron chi connectivity index (χ4n) is 3.38. The topological polar surface area (TPSA) is 75.8 Å². The molecule has 1 aromatic carbocycles. The maximum Gasteiger partial charge on any atom is 0.269 e. The largest absolute Gasteiger partial charge is 0.469 e. The summed E-state index contributed by atoms with van der Waals surface area (Å²) in [6.07, 6.45) is 4.15. The average molecular weight is 392 g/mol. The number of nitrogens with zero attached hydrogens (tertiary/aromatic N) is 2. The number of benzene rings is 1. The molecule has 7 heteroatoms. The molecule has 0 aliphatic carbocycles. The van der Waals surface area contributed by atoms with Gasteiger partial charge in [-0.15, -0.1) is 0 Å². The minimum Gasteiger partial charge on any atom is -0.469 e. The molecule has 148 valence electrons. The van der Waals surface area contributed by atoms with E-state index in [1.807, 2.05) is 42.1 Å². The number of nitrogens with one attached hydrogen (secondary N) is 2. The molecule has 3 heterocycles. The summed E-state index contributed by atoms with van der Waals surface area (Å²) in [7, 11) is 1.92. The van der Waals surface area contributed by atoms with Gasteiger partial charge in [0.05, 0.1) is 12.0 Å². The number of halogens is 1. The van der Waals surface area contributed by atoms with Gasteiger partial charge in [-0.3, -0.25) is 9.89 Å². The van der Waals surface area contributed by atoms with Crippen LogP contribution in [0.2, 0.25) is 0 Å². The molecule has 0 fully saturated rings. The van der Waals surface area contributed by atoms with Crippen molar-refractivity contribution in [1.82, 2.24) is 20.1 Å². The molecular weight excluding hydrogens is 371 g/mol. The summed E-state index contributed by atoms with van der Waals surface area (Å²) in [4.78, 5) is 12.5. The maximum atomic E-state index is 13.3. The van der Waals surface area contributed by atoms with Gasteiger partial charge in [0, 0.05) is 25.7 Å². The number of hydrogen-bond acceptors (Lipinski definition) is 3. The fraction of sp³-hybridized carbons (Fsp3) is 0.182. The highest BCUT2D eigenvalue weighted by atomic mass is 19.1. The Kier molecular flexibility index (Phi) is 5.29. The van der Waals surface area contributed by atoms with Crippen molar-refractivity contribution in [1.29, 1.82) is 0 Å². The van der Waals surface area contributed by atoms with E-state index in [-0.39, 0.29) is 17.6 Å². The quantitative estimate of drug-likeness (QED) is 0.497. The minimum atomic E-state index is -0.284. The molecular formula is C22H21FN4O2. The predicted octanol–water partition coefficient (Wildman–Crippen LogP) is 4.10. The van der Waals surface area contributed by atoms with Crippen molar-refractivity contribution in [3.8, 4) is 11.4 Å². The lowest BCUT2D eigenvalue weighted by molar-refractivity contribution is 0.0947. The zero-order valence-electron chi connectivity index (χ0n) is 15.9. The van der Waals surface area contributed by atoms with Crippen LogP contribution in [0, 0.1) is 5.82 Å². The molecule has 3 aromatic heterocycles. The van der Waals surface area contributed by atoms with Gasteiger partial charge in [0.2, 0.25) is 0 Å². The van der Waals surface area contributed by atoms with Crippen LogP contribution in [-0.2, 0) is 7.05 Å². The third-order valence-corrected chi connectivity index (χ3v) is 4.91. The zero-order chi connectivity index (χ0) is 20.2. The summed E-state index contributed by atoms with van der Waals surface area (Å²) < 4.78 is 20.8. The highest BCUT2D eigenvalue weighted by molar-refractivity contribution is 5.93. The van der Waals surface area contributed by atoms with E-state index < -0.39 is 0 Å². The van der Waals surface area contributed by atoms with Gasteiger partial charge in [-0.1, -0.05) is 12.1 Å². The Morgan fingerprint density at radius 1 is 1.24 bits per heavy atom. The lowest BCUT2D eigenvalue weighted by atomic mass is 9.93. The van der Waals surface area contributed by atoms with Crippen molar-refractivity contribution in [2.45, 2.75) is 12.3 Å². The number of carbonyl (C=O) groups excluding carboxylic acids is 1. The smallest absolute Gasteiger partial charge is 0.269 e. The monoisotopic (exact) mass is 392 g/mol.